The number of fused-ring (bicyclic) bond motifs is 1. The van der Waals surface area contributed by atoms with Gasteiger partial charge in [-0.05, 0) is 25.2 Å². The van der Waals surface area contributed by atoms with Gasteiger partial charge in [-0.15, -0.1) is 0 Å². The van der Waals surface area contributed by atoms with Crippen LogP contribution < -0.4 is 0 Å². The lowest BCUT2D eigenvalue weighted by Crippen LogP contribution is -2.28. The molecule has 0 aromatic carbocycles. The van der Waals surface area contributed by atoms with E-state index in [4.69, 9.17) is 4.74 Å². The third kappa shape index (κ3) is 0.847. The van der Waals surface area contributed by atoms with Gasteiger partial charge in [-0.1, -0.05) is 6.92 Å². The molecule has 2 atom stereocenters. The monoisotopic (exact) mass is 182 g/mol. The van der Waals surface area contributed by atoms with E-state index in [1.165, 1.54) is 0 Å². The lowest BCUT2D eigenvalue weighted by molar-refractivity contribution is -0.153. The van der Waals surface area contributed by atoms with E-state index in [1.54, 1.807) is 6.92 Å². The molecule has 0 aliphatic heterocycles. The number of hydrogen-bond acceptors (Lipinski definition) is 3. The molecule has 3 heteroatoms. The van der Waals surface area contributed by atoms with Gasteiger partial charge in [0, 0.05) is 6.42 Å². The van der Waals surface area contributed by atoms with Crippen LogP contribution in [0.3, 0.4) is 0 Å². The van der Waals surface area contributed by atoms with E-state index >= 15 is 0 Å². The lowest BCUT2D eigenvalue weighted by atomic mass is 9.98. The van der Waals surface area contributed by atoms with Gasteiger partial charge >= 0.3 is 5.97 Å². The molecule has 2 aliphatic carbocycles. The zero-order valence-electron chi connectivity index (χ0n) is 8.05. The van der Waals surface area contributed by atoms with Crippen molar-refractivity contribution in [2.45, 2.75) is 33.1 Å². The van der Waals surface area contributed by atoms with Crippen molar-refractivity contribution in [3.8, 4) is 0 Å². The second kappa shape index (κ2) is 2.34. The van der Waals surface area contributed by atoms with Crippen molar-refractivity contribution >= 4 is 11.8 Å². The predicted octanol–water partition coefficient (Wildman–Crippen LogP) is 1.31. The molecule has 13 heavy (non-hydrogen) atoms. The SMILES string of the molecule is CCOC(=O)C12CC1(C)CCC2=O. The summed E-state index contributed by atoms with van der Waals surface area (Å²) in [7, 11) is 0. The fourth-order valence-corrected chi connectivity index (χ4v) is 2.57. The molecule has 0 aromatic heterocycles. The Morgan fingerprint density at radius 3 is 2.69 bits per heavy atom. The molecule has 0 spiro atoms. The number of rotatable bonds is 2. The van der Waals surface area contributed by atoms with Crippen LogP contribution in [0.2, 0.25) is 0 Å². The minimum absolute atomic E-state index is 0.0731. The Bertz CT molecular complexity index is 284. The summed E-state index contributed by atoms with van der Waals surface area (Å²) in [6, 6.07) is 0. The van der Waals surface area contributed by atoms with Crippen LogP contribution in [0, 0.1) is 10.8 Å². The molecule has 0 radical (unpaired) electrons. The zero-order chi connectivity index (χ0) is 9.69. The Balaban J connectivity index is 2.22. The summed E-state index contributed by atoms with van der Waals surface area (Å²) in [6.07, 6.45) is 2.11. The largest absolute Gasteiger partial charge is 0.465 e. The Kier molecular flexibility index (Phi) is 1.57. The standard InChI is InChI=1S/C10H14O3/c1-3-13-8(12)10-6-9(10,2)5-4-7(10)11/h3-6H2,1-2H3. The number of ether oxygens (including phenoxy) is 1. The number of carbonyl (C=O) groups excluding carboxylic acids is 2. The van der Waals surface area contributed by atoms with Gasteiger partial charge in [0.15, 0.2) is 5.78 Å². The highest BCUT2D eigenvalue weighted by Gasteiger charge is 2.77. The molecule has 2 rings (SSSR count). The molecule has 0 bridgehead atoms. The maximum absolute atomic E-state index is 11.6. The Hall–Kier alpha value is -0.860. The van der Waals surface area contributed by atoms with E-state index < -0.39 is 5.41 Å². The van der Waals surface area contributed by atoms with E-state index in [0.717, 1.165) is 6.42 Å². The first-order valence-electron chi connectivity index (χ1n) is 4.77. The highest BCUT2D eigenvalue weighted by Crippen LogP contribution is 2.71. The van der Waals surface area contributed by atoms with Crippen molar-refractivity contribution in [2.24, 2.45) is 10.8 Å². The van der Waals surface area contributed by atoms with E-state index in [9.17, 15) is 9.59 Å². The summed E-state index contributed by atoms with van der Waals surface area (Å²) in [4.78, 5) is 23.1. The second-order valence-electron chi connectivity index (χ2n) is 4.29. The fraction of sp³-hybridized carbons (Fsp3) is 0.800. The van der Waals surface area contributed by atoms with Gasteiger partial charge in [0.1, 0.15) is 5.41 Å². The highest BCUT2D eigenvalue weighted by molar-refractivity contribution is 6.10. The maximum Gasteiger partial charge on any atom is 0.320 e. The quantitative estimate of drug-likeness (QED) is 0.477. The van der Waals surface area contributed by atoms with Crippen molar-refractivity contribution in [1.82, 2.24) is 0 Å². The van der Waals surface area contributed by atoms with E-state index in [-0.39, 0.29) is 17.2 Å². The molecular weight excluding hydrogens is 168 g/mol. The average Bonchev–Trinajstić information content (AvgIpc) is 2.64. The van der Waals surface area contributed by atoms with Gasteiger partial charge in [0.25, 0.3) is 0 Å². The molecule has 2 saturated carbocycles. The summed E-state index contributed by atoms with van der Waals surface area (Å²) in [5.74, 6) is -0.201. The van der Waals surface area contributed by atoms with E-state index in [0.29, 0.717) is 19.4 Å². The van der Waals surface area contributed by atoms with Crippen LogP contribution in [-0.2, 0) is 14.3 Å². The van der Waals surface area contributed by atoms with Crippen molar-refractivity contribution < 1.29 is 14.3 Å². The normalized spacial score (nSPS) is 41.5. The van der Waals surface area contributed by atoms with Crippen LogP contribution in [-0.4, -0.2) is 18.4 Å². The fourth-order valence-electron chi connectivity index (χ4n) is 2.57. The topological polar surface area (TPSA) is 43.4 Å². The molecule has 3 nitrogen and oxygen atoms in total. The minimum atomic E-state index is -0.733. The van der Waals surface area contributed by atoms with Gasteiger partial charge in [0.2, 0.25) is 0 Å². The molecule has 2 fully saturated rings. The van der Waals surface area contributed by atoms with Crippen LogP contribution in [0.1, 0.15) is 33.1 Å². The Morgan fingerprint density at radius 1 is 1.62 bits per heavy atom. The van der Waals surface area contributed by atoms with Crippen LogP contribution in [0.15, 0.2) is 0 Å². The van der Waals surface area contributed by atoms with Crippen molar-refractivity contribution in [3.05, 3.63) is 0 Å². The van der Waals surface area contributed by atoms with Crippen LogP contribution >= 0.6 is 0 Å². The molecule has 72 valence electrons. The van der Waals surface area contributed by atoms with Gasteiger partial charge in [0.05, 0.1) is 6.61 Å². The average molecular weight is 182 g/mol. The zero-order valence-corrected chi connectivity index (χ0v) is 8.05. The predicted molar refractivity (Wildman–Crippen MR) is 46.0 cm³/mol. The number of ketones is 1. The molecule has 2 unspecified atom stereocenters. The summed E-state index contributed by atoms with van der Waals surface area (Å²) in [6.45, 7) is 4.15. The number of Topliss-reactive ketones (excluding diaryl/α,β-unsaturated/α-hetero) is 1. The first-order chi connectivity index (χ1) is 6.07. The number of hydrogen-bond donors (Lipinski definition) is 0. The smallest absolute Gasteiger partial charge is 0.320 e. The summed E-state index contributed by atoms with van der Waals surface area (Å²) >= 11 is 0. The molecule has 0 saturated heterocycles. The van der Waals surface area contributed by atoms with Gasteiger partial charge < -0.3 is 4.74 Å². The Morgan fingerprint density at radius 2 is 2.31 bits per heavy atom. The summed E-state index contributed by atoms with van der Waals surface area (Å²) in [5.41, 5.74) is -0.806. The molecule has 0 aromatic rings. The first-order valence-corrected chi connectivity index (χ1v) is 4.77. The highest BCUT2D eigenvalue weighted by atomic mass is 16.5. The van der Waals surface area contributed by atoms with Crippen molar-refractivity contribution in [1.29, 1.82) is 0 Å². The molecule has 0 amide bonds. The van der Waals surface area contributed by atoms with Crippen molar-refractivity contribution in [2.75, 3.05) is 6.61 Å². The third-order valence-corrected chi connectivity index (χ3v) is 3.56. The summed E-state index contributed by atoms with van der Waals surface area (Å²) in [5, 5.41) is 0. The molecule has 0 N–H and O–H groups in total. The second-order valence-corrected chi connectivity index (χ2v) is 4.29. The maximum atomic E-state index is 11.6. The van der Waals surface area contributed by atoms with E-state index in [1.807, 2.05) is 6.92 Å². The number of carbonyl (C=O) groups is 2. The Labute approximate surface area is 77.4 Å². The lowest BCUT2D eigenvalue weighted by Gasteiger charge is -2.11. The minimum Gasteiger partial charge on any atom is -0.465 e. The molecule has 0 heterocycles. The number of esters is 1. The first kappa shape index (κ1) is 8.73. The third-order valence-electron chi connectivity index (χ3n) is 3.56. The van der Waals surface area contributed by atoms with Crippen LogP contribution in [0.25, 0.3) is 0 Å². The van der Waals surface area contributed by atoms with Crippen LogP contribution in [0.4, 0.5) is 0 Å². The molecule has 2 aliphatic rings. The van der Waals surface area contributed by atoms with Gasteiger partial charge in [-0.25, -0.2) is 0 Å². The van der Waals surface area contributed by atoms with E-state index in [2.05, 4.69) is 0 Å². The van der Waals surface area contributed by atoms with Gasteiger partial charge in [-0.2, -0.15) is 0 Å². The van der Waals surface area contributed by atoms with Crippen molar-refractivity contribution in [3.63, 3.8) is 0 Å². The molecular formula is C10H14O3. The van der Waals surface area contributed by atoms with Crippen LogP contribution in [0.5, 0.6) is 0 Å². The summed E-state index contributed by atoms with van der Waals surface area (Å²) < 4.78 is 4.95. The van der Waals surface area contributed by atoms with Gasteiger partial charge in [-0.3, -0.25) is 9.59 Å².